The number of carboxylic acids is 1. The minimum absolute atomic E-state index is 0.0968. The van der Waals surface area contributed by atoms with E-state index in [-0.39, 0.29) is 24.4 Å². The summed E-state index contributed by atoms with van der Waals surface area (Å²) < 4.78 is 11.5. The Kier molecular flexibility index (Phi) is 6.13. The van der Waals surface area contributed by atoms with E-state index in [0.29, 0.717) is 38.5 Å². The SMILES string of the molecule is CC(C)C(NC(=O)CN1CCC(C)(C(=O)O)C1)c1ccc2c(c1)OCCCO2. The summed E-state index contributed by atoms with van der Waals surface area (Å²) in [7, 11) is 0. The van der Waals surface area contributed by atoms with E-state index in [4.69, 9.17) is 9.47 Å². The lowest BCUT2D eigenvalue weighted by molar-refractivity contribution is -0.147. The molecule has 1 aromatic rings. The van der Waals surface area contributed by atoms with E-state index < -0.39 is 11.4 Å². The van der Waals surface area contributed by atoms with Gasteiger partial charge in [-0.15, -0.1) is 0 Å². The molecule has 0 radical (unpaired) electrons. The summed E-state index contributed by atoms with van der Waals surface area (Å²) in [5, 5.41) is 12.5. The molecule has 2 heterocycles. The van der Waals surface area contributed by atoms with E-state index in [9.17, 15) is 14.7 Å². The van der Waals surface area contributed by atoms with Crippen LogP contribution >= 0.6 is 0 Å². The summed E-state index contributed by atoms with van der Waals surface area (Å²) in [4.78, 5) is 26.0. The number of carboxylic acid groups (broad SMARTS) is 1. The van der Waals surface area contributed by atoms with Gasteiger partial charge in [0.05, 0.1) is 31.2 Å². The maximum Gasteiger partial charge on any atom is 0.310 e. The molecule has 0 aromatic heterocycles. The molecule has 2 aliphatic heterocycles. The van der Waals surface area contributed by atoms with Gasteiger partial charge < -0.3 is 19.9 Å². The predicted molar refractivity (Wildman–Crippen MR) is 105 cm³/mol. The second-order valence-corrected chi connectivity index (χ2v) is 8.37. The molecule has 7 nitrogen and oxygen atoms in total. The Morgan fingerprint density at radius 3 is 2.61 bits per heavy atom. The molecule has 0 saturated carbocycles. The average Bonchev–Trinajstić information content (AvgIpc) is 2.87. The number of aliphatic carboxylic acids is 1. The zero-order valence-electron chi connectivity index (χ0n) is 16.9. The number of carbonyl (C=O) groups excluding carboxylic acids is 1. The van der Waals surface area contributed by atoms with Gasteiger partial charge in [0.25, 0.3) is 0 Å². The van der Waals surface area contributed by atoms with Crippen LogP contribution in [0.3, 0.4) is 0 Å². The molecule has 1 amide bonds. The molecule has 1 saturated heterocycles. The molecule has 3 rings (SSSR count). The summed E-state index contributed by atoms with van der Waals surface area (Å²) in [6.45, 7) is 8.34. The van der Waals surface area contributed by atoms with Crippen molar-refractivity contribution >= 4 is 11.9 Å². The second-order valence-electron chi connectivity index (χ2n) is 8.37. The summed E-state index contributed by atoms with van der Waals surface area (Å²) in [6.07, 6.45) is 1.41. The van der Waals surface area contributed by atoms with Gasteiger partial charge in [0.2, 0.25) is 5.91 Å². The number of hydrogen-bond acceptors (Lipinski definition) is 5. The van der Waals surface area contributed by atoms with Crippen LogP contribution in [0.5, 0.6) is 11.5 Å². The maximum absolute atomic E-state index is 12.7. The fraction of sp³-hybridized carbons (Fsp3) is 0.619. The number of amides is 1. The first-order chi connectivity index (χ1) is 13.3. The predicted octanol–water partition coefficient (Wildman–Crippen LogP) is 2.46. The van der Waals surface area contributed by atoms with Crippen molar-refractivity contribution in [2.24, 2.45) is 11.3 Å². The van der Waals surface area contributed by atoms with Crippen molar-refractivity contribution in [1.29, 1.82) is 0 Å². The van der Waals surface area contributed by atoms with Crippen LogP contribution in [-0.4, -0.2) is 54.7 Å². The van der Waals surface area contributed by atoms with Crippen LogP contribution in [-0.2, 0) is 9.59 Å². The van der Waals surface area contributed by atoms with Crippen molar-refractivity contribution in [3.63, 3.8) is 0 Å². The van der Waals surface area contributed by atoms with Crippen LogP contribution in [0.15, 0.2) is 18.2 Å². The summed E-state index contributed by atoms with van der Waals surface area (Å²) in [6, 6.07) is 5.66. The first kappa shape index (κ1) is 20.5. The molecule has 0 bridgehead atoms. The number of carbonyl (C=O) groups is 2. The third-order valence-electron chi connectivity index (χ3n) is 5.55. The van der Waals surface area contributed by atoms with E-state index in [2.05, 4.69) is 19.2 Å². The lowest BCUT2D eigenvalue weighted by Gasteiger charge is -2.25. The van der Waals surface area contributed by atoms with Crippen LogP contribution in [0.1, 0.15) is 45.2 Å². The van der Waals surface area contributed by atoms with Crippen LogP contribution in [0, 0.1) is 11.3 Å². The molecule has 2 N–H and O–H groups in total. The molecule has 154 valence electrons. The minimum Gasteiger partial charge on any atom is -0.490 e. The number of rotatable bonds is 6. The Morgan fingerprint density at radius 2 is 1.96 bits per heavy atom. The first-order valence-corrected chi connectivity index (χ1v) is 9.93. The van der Waals surface area contributed by atoms with Gasteiger partial charge in [-0.25, -0.2) is 0 Å². The van der Waals surface area contributed by atoms with E-state index in [0.717, 1.165) is 17.7 Å². The Morgan fingerprint density at radius 1 is 1.25 bits per heavy atom. The van der Waals surface area contributed by atoms with Crippen molar-refractivity contribution in [1.82, 2.24) is 10.2 Å². The molecule has 0 aliphatic carbocycles. The Hall–Kier alpha value is -2.28. The topological polar surface area (TPSA) is 88.1 Å². The van der Waals surface area contributed by atoms with E-state index in [1.165, 1.54) is 0 Å². The van der Waals surface area contributed by atoms with Gasteiger partial charge in [-0.3, -0.25) is 14.5 Å². The summed E-state index contributed by atoms with van der Waals surface area (Å²) in [5.74, 6) is 0.742. The monoisotopic (exact) mass is 390 g/mol. The fourth-order valence-corrected chi connectivity index (χ4v) is 3.80. The number of hydrogen-bond donors (Lipinski definition) is 2. The van der Waals surface area contributed by atoms with Crippen LogP contribution < -0.4 is 14.8 Å². The number of benzene rings is 1. The highest BCUT2D eigenvalue weighted by Crippen LogP contribution is 2.34. The third kappa shape index (κ3) is 4.58. The molecule has 0 spiro atoms. The molecule has 1 aromatic carbocycles. The second kappa shape index (κ2) is 8.39. The highest BCUT2D eigenvalue weighted by Gasteiger charge is 2.40. The standard InChI is InChI=1S/C21H30N2O5/c1-14(2)19(15-5-6-16-17(11-15)28-10-4-9-27-16)22-18(24)12-23-8-7-21(3,13-23)20(25)26/h5-6,11,14,19H,4,7-10,12-13H2,1-3H3,(H,22,24)(H,25,26). The van der Waals surface area contributed by atoms with Crippen molar-refractivity contribution in [3.8, 4) is 11.5 Å². The fourth-order valence-electron chi connectivity index (χ4n) is 3.80. The molecule has 1 fully saturated rings. The van der Waals surface area contributed by atoms with Gasteiger partial charge in [-0.05, 0) is 43.5 Å². The summed E-state index contributed by atoms with van der Waals surface area (Å²) >= 11 is 0. The molecular weight excluding hydrogens is 360 g/mol. The Bertz CT molecular complexity index is 736. The van der Waals surface area contributed by atoms with Gasteiger partial charge >= 0.3 is 5.97 Å². The normalized spacial score (nSPS) is 23.3. The molecule has 2 unspecified atom stereocenters. The number of likely N-dealkylation sites (tertiary alicyclic amines) is 1. The van der Waals surface area contributed by atoms with Gasteiger partial charge in [0.15, 0.2) is 11.5 Å². The van der Waals surface area contributed by atoms with Crippen molar-refractivity contribution in [2.45, 2.75) is 39.7 Å². The Labute approximate surface area is 166 Å². The Balaban J connectivity index is 1.66. The summed E-state index contributed by atoms with van der Waals surface area (Å²) in [5.41, 5.74) is 0.205. The van der Waals surface area contributed by atoms with Crippen molar-refractivity contribution in [2.75, 3.05) is 32.8 Å². The molecule has 2 atom stereocenters. The van der Waals surface area contributed by atoms with Gasteiger partial charge in [-0.2, -0.15) is 0 Å². The number of ether oxygens (including phenoxy) is 2. The van der Waals surface area contributed by atoms with Gasteiger partial charge in [-0.1, -0.05) is 19.9 Å². The highest BCUT2D eigenvalue weighted by molar-refractivity contribution is 5.79. The number of nitrogens with one attached hydrogen (secondary N) is 1. The maximum atomic E-state index is 12.7. The van der Waals surface area contributed by atoms with Crippen LogP contribution in [0.25, 0.3) is 0 Å². The lowest BCUT2D eigenvalue weighted by Crippen LogP contribution is -2.40. The average molecular weight is 390 g/mol. The number of fused-ring (bicyclic) bond motifs is 1. The van der Waals surface area contributed by atoms with Crippen LogP contribution in [0.2, 0.25) is 0 Å². The lowest BCUT2D eigenvalue weighted by atomic mass is 9.90. The van der Waals surface area contributed by atoms with Crippen molar-refractivity contribution in [3.05, 3.63) is 23.8 Å². The highest BCUT2D eigenvalue weighted by atomic mass is 16.5. The quantitative estimate of drug-likeness (QED) is 0.776. The molecule has 2 aliphatic rings. The first-order valence-electron chi connectivity index (χ1n) is 9.93. The van der Waals surface area contributed by atoms with E-state index >= 15 is 0 Å². The van der Waals surface area contributed by atoms with E-state index in [1.807, 2.05) is 23.1 Å². The molecule has 28 heavy (non-hydrogen) atoms. The largest absolute Gasteiger partial charge is 0.490 e. The van der Waals surface area contributed by atoms with E-state index in [1.54, 1.807) is 6.92 Å². The number of nitrogens with zero attached hydrogens (tertiary/aromatic N) is 1. The van der Waals surface area contributed by atoms with Crippen LogP contribution in [0.4, 0.5) is 0 Å². The van der Waals surface area contributed by atoms with Gasteiger partial charge in [0.1, 0.15) is 0 Å². The molecular formula is C21H30N2O5. The third-order valence-corrected chi connectivity index (χ3v) is 5.55. The van der Waals surface area contributed by atoms with Crippen molar-refractivity contribution < 1.29 is 24.2 Å². The zero-order chi connectivity index (χ0) is 20.3. The zero-order valence-corrected chi connectivity index (χ0v) is 16.9. The van der Waals surface area contributed by atoms with Gasteiger partial charge in [0, 0.05) is 13.0 Å². The minimum atomic E-state index is -0.803. The molecule has 7 heteroatoms. The smallest absolute Gasteiger partial charge is 0.310 e.